The summed E-state index contributed by atoms with van der Waals surface area (Å²) in [5.41, 5.74) is 0. The minimum Gasteiger partial charge on any atom is -0.357 e. The maximum atomic E-state index is 4.53. The summed E-state index contributed by atoms with van der Waals surface area (Å²) in [6, 6.07) is 0.403. The highest BCUT2D eigenvalue weighted by molar-refractivity contribution is 5.79. The van der Waals surface area contributed by atoms with Gasteiger partial charge in [-0.15, -0.1) is 10.2 Å². The van der Waals surface area contributed by atoms with Gasteiger partial charge in [0.2, 0.25) is 0 Å². The average Bonchev–Trinajstić information content (AvgIpc) is 2.81. The van der Waals surface area contributed by atoms with Gasteiger partial charge in [0.1, 0.15) is 12.7 Å². The number of nitrogens with one attached hydrogen (secondary N) is 2. The van der Waals surface area contributed by atoms with E-state index in [1.54, 1.807) is 12.7 Å². The van der Waals surface area contributed by atoms with Gasteiger partial charge in [0.05, 0.1) is 0 Å². The fourth-order valence-electron chi connectivity index (χ4n) is 1.53. The van der Waals surface area contributed by atoms with E-state index in [1.165, 1.54) is 0 Å². The van der Waals surface area contributed by atoms with Crippen LogP contribution in [0.4, 0.5) is 0 Å². The second kappa shape index (κ2) is 8.49. The minimum atomic E-state index is 0.403. The van der Waals surface area contributed by atoms with E-state index in [4.69, 9.17) is 0 Å². The van der Waals surface area contributed by atoms with Crippen LogP contribution in [0.15, 0.2) is 17.6 Å². The molecule has 0 aromatic carbocycles. The van der Waals surface area contributed by atoms with E-state index in [0.717, 1.165) is 38.4 Å². The second-order valence-electron chi connectivity index (χ2n) is 4.47. The third-order valence-electron chi connectivity index (χ3n) is 2.33. The number of unbranched alkanes of at least 4 members (excludes halogenated alkanes) is 1. The molecule has 6 heteroatoms. The molecule has 0 saturated carbocycles. The molecule has 0 bridgehead atoms. The first kappa shape index (κ1) is 14.5. The quantitative estimate of drug-likeness (QED) is 0.432. The Bertz CT molecular complexity index is 330. The molecule has 0 spiro atoms. The van der Waals surface area contributed by atoms with Crippen LogP contribution in [0.2, 0.25) is 0 Å². The number of hydrogen-bond donors (Lipinski definition) is 2. The van der Waals surface area contributed by atoms with Gasteiger partial charge in [-0.3, -0.25) is 4.99 Å². The van der Waals surface area contributed by atoms with Crippen LogP contribution in [0.25, 0.3) is 0 Å². The molecular formula is C12H24N6. The zero-order valence-corrected chi connectivity index (χ0v) is 11.6. The van der Waals surface area contributed by atoms with E-state index in [2.05, 4.69) is 46.6 Å². The van der Waals surface area contributed by atoms with Crippen molar-refractivity contribution >= 4 is 5.96 Å². The predicted octanol–water partition coefficient (Wildman–Crippen LogP) is 1.02. The van der Waals surface area contributed by atoms with Crippen molar-refractivity contribution in [2.45, 2.75) is 46.2 Å². The summed E-state index contributed by atoms with van der Waals surface area (Å²) >= 11 is 0. The summed E-state index contributed by atoms with van der Waals surface area (Å²) in [6.45, 7) is 8.97. The second-order valence-corrected chi connectivity index (χ2v) is 4.47. The molecule has 0 atom stereocenters. The zero-order chi connectivity index (χ0) is 13.2. The standard InChI is InChI=1S/C12H24N6/c1-4-13-12(17-11(2)3)14-7-5-6-8-18-9-15-16-10-18/h9-11H,4-8H2,1-3H3,(H2,13,14,17). The molecule has 0 radical (unpaired) electrons. The van der Waals surface area contributed by atoms with Crippen molar-refractivity contribution in [2.24, 2.45) is 4.99 Å². The van der Waals surface area contributed by atoms with Crippen LogP contribution in [0, 0.1) is 0 Å². The van der Waals surface area contributed by atoms with Crippen LogP contribution in [-0.4, -0.2) is 39.9 Å². The first-order valence-electron chi connectivity index (χ1n) is 6.59. The van der Waals surface area contributed by atoms with Crippen molar-refractivity contribution < 1.29 is 0 Å². The Labute approximate surface area is 109 Å². The lowest BCUT2D eigenvalue weighted by atomic mass is 10.3. The van der Waals surface area contributed by atoms with Crippen molar-refractivity contribution in [1.82, 2.24) is 25.4 Å². The van der Waals surface area contributed by atoms with Crippen molar-refractivity contribution in [3.05, 3.63) is 12.7 Å². The van der Waals surface area contributed by atoms with Crippen LogP contribution in [0.1, 0.15) is 33.6 Å². The Morgan fingerprint density at radius 3 is 2.61 bits per heavy atom. The summed E-state index contributed by atoms with van der Waals surface area (Å²) in [7, 11) is 0. The van der Waals surface area contributed by atoms with Crippen molar-refractivity contribution in [3.8, 4) is 0 Å². The van der Waals surface area contributed by atoms with Gasteiger partial charge in [-0.25, -0.2) is 0 Å². The normalized spacial score (nSPS) is 11.9. The third kappa shape index (κ3) is 6.22. The summed E-state index contributed by atoms with van der Waals surface area (Å²) < 4.78 is 1.99. The molecule has 1 aromatic heterocycles. The van der Waals surface area contributed by atoms with Gasteiger partial charge in [-0.05, 0) is 33.6 Å². The number of aromatic nitrogens is 3. The molecule has 1 rings (SSSR count). The van der Waals surface area contributed by atoms with Gasteiger partial charge < -0.3 is 15.2 Å². The van der Waals surface area contributed by atoms with Crippen LogP contribution in [0.3, 0.4) is 0 Å². The number of rotatable bonds is 7. The zero-order valence-electron chi connectivity index (χ0n) is 11.6. The molecule has 1 aromatic rings. The number of aliphatic imine (C=N–C) groups is 1. The SMILES string of the molecule is CCNC(=NCCCCn1cnnc1)NC(C)C. The Morgan fingerprint density at radius 2 is 2.00 bits per heavy atom. The lowest BCUT2D eigenvalue weighted by Gasteiger charge is -2.13. The Hall–Kier alpha value is -1.59. The van der Waals surface area contributed by atoms with Crippen molar-refractivity contribution in [2.75, 3.05) is 13.1 Å². The van der Waals surface area contributed by atoms with Gasteiger partial charge in [-0.1, -0.05) is 0 Å². The number of hydrogen-bond acceptors (Lipinski definition) is 3. The smallest absolute Gasteiger partial charge is 0.191 e. The summed E-state index contributed by atoms with van der Waals surface area (Å²) in [5, 5.41) is 14.1. The van der Waals surface area contributed by atoms with Gasteiger partial charge in [-0.2, -0.15) is 0 Å². The monoisotopic (exact) mass is 252 g/mol. The molecule has 6 nitrogen and oxygen atoms in total. The van der Waals surface area contributed by atoms with E-state index in [1.807, 2.05) is 4.57 Å². The molecule has 18 heavy (non-hydrogen) atoms. The Kier molecular flexibility index (Phi) is 6.83. The molecule has 1 heterocycles. The van der Waals surface area contributed by atoms with Gasteiger partial charge in [0, 0.05) is 25.7 Å². The lowest BCUT2D eigenvalue weighted by Crippen LogP contribution is -2.41. The van der Waals surface area contributed by atoms with Crippen LogP contribution >= 0.6 is 0 Å². The molecule has 0 amide bonds. The first-order chi connectivity index (χ1) is 8.72. The molecule has 102 valence electrons. The molecular weight excluding hydrogens is 228 g/mol. The molecule has 0 saturated heterocycles. The highest BCUT2D eigenvalue weighted by Gasteiger charge is 1.98. The highest BCUT2D eigenvalue weighted by Crippen LogP contribution is 1.94. The first-order valence-corrected chi connectivity index (χ1v) is 6.59. The molecule has 0 fully saturated rings. The maximum Gasteiger partial charge on any atom is 0.191 e. The fourth-order valence-corrected chi connectivity index (χ4v) is 1.53. The third-order valence-corrected chi connectivity index (χ3v) is 2.33. The highest BCUT2D eigenvalue weighted by atomic mass is 15.2. The van der Waals surface area contributed by atoms with Crippen molar-refractivity contribution in [1.29, 1.82) is 0 Å². The van der Waals surface area contributed by atoms with E-state index in [9.17, 15) is 0 Å². The lowest BCUT2D eigenvalue weighted by molar-refractivity contribution is 0.610. The van der Waals surface area contributed by atoms with E-state index in [0.29, 0.717) is 6.04 Å². The largest absolute Gasteiger partial charge is 0.357 e. The fraction of sp³-hybridized carbons (Fsp3) is 0.750. The molecule has 2 N–H and O–H groups in total. The van der Waals surface area contributed by atoms with Crippen LogP contribution < -0.4 is 10.6 Å². The number of aryl methyl sites for hydroxylation is 1. The molecule has 0 aliphatic carbocycles. The molecule has 0 unspecified atom stereocenters. The van der Waals surface area contributed by atoms with Crippen LogP contribution in [-0.2, 0) is 6.54 Å². The summed E-state index contributed by atoms with van der Waals surface area (Å²) in [6.07, 6.45) is 5.64. The average molecular weight is 252 g/mol. The maximum absolute atomic E-state index is 4.53. The summed E-state index contributed by atoms with van der Waals surface area (Å²) in [5.74, 6) is 0.900. The number of nitrogens with zero attached hydrogens (tertiary/aromatic N) is 4. The van der Waals surface area contributed by atoms with Gasteiger partial charge >= 0.3 is 0 Å². The summed E-state index contributed by atoms with van der Waals surface area (Å²) in [4.78, 5) is 4.53. The van der Waals surface area contributed by atoms with E-state index < -0.39 is 0 Å². The Balaban J connectivity index is 2.19. The van der Waals surface area contributed by atoms with Crippen LogP contribution in [0.5, 0.6) is 0 Å². The molecule has 0 aliphatic heterocycles. The minimum absolute atomic E-state index is 0.403. The topological polar surface area (TPSA) is 67.1 Å². The predicted molar refractivity (Wildman–Crippen MR) is 73.5 cm³/mol. The van der Waals surface area contributed by atoms with E-state index >= 15 is 0 Å². The van der Waals surface area contributed by atoms with Gasteiger partial charge in [0.15, 0.2) is 5.96 Å². The Morgan fingerprint density at radius 1 is 1.28 bits per heavy atom. The molecule has 0 aliphatic rings. The number of guanidine groups is 1. The van der Waals surface area contributed by atoms with Gasteiger partial charge in [0.25, 0.3) is 0 Å². The van der Waals surface area contributed by atoms with E-state index in [-0.39, 0.29) is 0 Å². The van der Waals surface area contributed by atoms with Crippen molar-refractivity contribution in [3.63, 3.8) is 0 Å².